The molecule has 14 nitrogen and oxygen atoms in total. The second kappa shape index (κ2) is 12.1. The van der Waals surface area contributed by atoms with Crippen molar-refractivity contribution in [3.05, 3.63) is 76.5 Å². The van der Waals surface area contributed by atoms with Crippen LogP contribution in [0.1, 0.15) is 5.56 Å². The minimum Gasteiger partial charge on any atom is -0.508 e. The number of rotatable bonds is 7. The molecule has 44 heavy (non-hydrogen) atoms. The van der Waals surface area contributed by atoms with E-state index in [9.17, 15) is 50.4 Å². The Kier molecular flexibility index (Phi) is 8.33. The Hall–Kier alpha value is -5.28. The number of aromatic hydroxyl groups is 5. The number of carbonyl (C=O) groups is 1. The van der Waals surface area contributed by atoms with E-state index in [0.29, 0.717) is 5.56 Å². The molecule has 0 aliphatic carbocycles. The number of hydrogen-bond acceptors (Lipinski definition) is 14. The number of phenols is 4. The van der Waals surface area contributed by atoms with Crippen molar-refractivity contribution in [1.82, 2.24) is 0 Å². The highest BCUT2D eigenvalue weighted by atomic mass is 16.7. The summed E-state index contributed by atoms with van der Waals surface area (Å²) in [6.07, 6.45) is -5.94. The van der Waals surface area contributed by atoms with Crippen LogP contribution in [-0.4, -0.2) is 84.1 Å². The quantitative estimate of drug-likeness (QED) is 0.109. The Morgan fingerprint density at radius 3 is 2.30 bits per heavy atom. The zero-order valence-electron chi connectivity index (χ0n) is 22.5. The standard InChI is InChI=1S/C30H26O14/c31-15-5-1-13(2-6-15)3-8-22(35)41-12-21-24(36)26(38)28(40)30(44-21)43-19-9-14(4-7-17(19)33)29-27(39)25(37)23-18(34)10-16(32)11-20(23)42-29/h1-11,21,24,26,28,30-34,36,38-40H,12H2/t21-,24-,26+,28-,30+/m1/s1. The molecule has 0 amide bonds. The third-order valence-electron chi connectivity index (χ3n) is 6.76. The first kappa shape index (κ1) is 30.2. The predicted molar refractivity (Wildman–Crippen MR) is 150 cm³/mol. The van der Waals surface area contributed by atoms with Gasteiger partial charge in [0, 0.05) is 23.8 Å². The Labute approximate surface area is 247 Å². The molecule has 1 aromatic heterocycles. The van der Waals surface area contributed by atoms with Crippen LogP contribution in [0.25, 0.3) is 28.4 Å². The van der Waals surface area contributed by atoms with Crippen molar-refractivity contribution in [3.63, 3.8) is 0 Å². The summed E-state index contributed by atoms with van der Waals surface area (Å²) >= 11 is 0. The number of carbonyl (C=O) groups excluding carboxylic acids is 1. The maximum atomic E-state index is 12.7. The van der Waals surface area contributed by atoms with Gasteiger partial charge in [0.05, 0.1) is 0 Å². The lowest BCUT2D eigenvalue weighted by Gasteiger charge is -2.39. The van der Waals surface area contributed by atoms with Crippen LogP contribution in [0.15, 0.2) is 69.9 Å². The van der Waals surface area contributed by atoms with E-state index in [4.69, 9.17) is 18.6 Å². The number of benzene rings is 3. The molecule has 1 aliphatic rings. The van der Waals surface area contributed by atoms with Crippen LogP contribution >= 0.6 is 0 Å². The van der Waals surface area contributed by atoms with Gasteiger partial charge in [0.15, 0.2) is 17.3 Å². The number of fused-ring (bicyclic) bond motifs is 1. The molecule has 4 aromatic rings. The first-order chi connectivity index (χ1) is 20.9. The molecule has 0 saturated carbocycles. The van der Waals surface area contributed by atoms with Crippen molar-refractivity contribution in [2.75, 3.05) is 6.61 Å². The summed E-state index contributed by atoms with van der Waals surface area (Å²) in [4.78, 5) is 24.9. The Morgan fingerprint density at radius 1 is 0.841 bits per heavy atom. The number of hydrogen-bond donors (Lipinski definition) is 8. The minimum absolute atomic E-state index is 0.0195. The summed E-state index contributed by atoms with van der Waals surface area (Å²) in [7, 11) is 0. The van der Waals surface area contributed by atoms with Crippen molar-refractivity contribution >= 4 is 23.0 Å². The monoisotopic (exact) mass is 610 g/mol. The molecule has 1 saturated heterocycles. The molecule has 14 heteroatoms. The molecule has 1 aliphatic heterocycles. The molecule has 8 N–H and O–H groups in total. The van der Waals surface area contributed by atoms with E-state index in [-0.39, 0.29) is 28.0 Å². The lowest BCUT2D eigenvalue weighted by atomic mass is 9.99. The van der Waals surface area contributed by atoms with Gasteiger partial charge in [-0.15, -0.1) is 0 Å². The molecule has 5 atom stereocenters. The van der Waals surface area contributed by atoms with Gasteiger partial charge in [-0.2, -0.15) is 0 Å². The molecule has 230 valence electrons. The van der Waals surface area contributed by atoms with E-state index >= 15 is 0 Å². The average molecular weight is 611 g/mol. The lowest BCUT2D eigenvalue weighted by Crippen LogP contribution is -2.60. The maximum Gasteiger partial charge on any atom is 0.330 e. The molecular formula is C30H26O14. The highest BCUT2D eigenvalue weighted by molar-refractivity contribution is 5.88. The topological polar surface area (TPSA) is 237 Å². The molecular weight excluding hydrogens is 584 g/mol. The van der Waals surface area contributed by atoms with Gasteiger partial charge in [0.2, 0.25) is 17.5 Å². The van der Waals surface area contributed by atoms with Crippen LogP contribution in [0.5, 0.6) is 34.5 Å². The van der Waals surface area contributed by atoms with Crippen molar-refractivity contribution in [2.45, 2.75) is 30.7 Å². The molecule has 0 radical (unpaired) electrons. The summed E-state index contributed by atoms with van der Waals surface area (Å²) < 4.78 is 21.8. The van der Waals surface area contributed by atoms with Gasteiger partial charge in [0.25, 0.3) is 0 Å². The minimum atomic E-state index is -1.84. The molecule has 2 heterocycles. The smallest absolute Gasteiger partial charge is 0.330 e. The predicted octanol–water partition coefficient (Wildman–Crippen LogP) is 1.43. The van der Waals surface area contributed by atoms with E-state index in [1.165, 1.54) is 24.3 Å². The molecule has 0 spiro atoms. The second-order valence-electron chi connectivity index (χ2n) is 9.82. The van der Waals surface area contributed by atoms with E-state index < -0.39 is 77.5 Å². The van der Waals surface area contributed by atoms with Crippen LogP contribution < -0.4 is 10.2 Å². The Morgan fingerprint density at radius 2 is 1.57 bits per heavy atom. The largest absolute Gasteiger partial charge is 0.508 e. The molecule has 0 unspecified atom stereocenters. The summed E-state index contributed by atoms with van der Waals surface area (Å²) in [6, 6.07) is 11.4. The molecule has 1 fully saturated rings. The third-order valence-corrected chi connectivity index (χ3v) is 6.76. The van der Waals surface area contributed by atoms with Gasteiger partial charge < -0.3 is 59.5 Å². The lowest BCUT2D eigenvalue weighted by molar-refractivity contribution is -0.278. The zero-order chi connectivity index (χ0) is 31.7. The number of esters is 1. The first-order valence-electron chi connectivity index (χ1n) is 13.0. The fourth-order valence-corrected chi connectivity index (χ4v) is 4.46. The molecule has 0 bridgehead atoms. The van der Waals surface area contributed by atoms with Gasteiger partial charge >= 0.3 is 5.97 Å². The Bertz CT molecular complexity index is 1780. The highest BCUT2D eigenvalue weighted by Gasteiger charge is 2.45. The van der Waals surface area contributed by atoms with Crippen LogP contribution in [0.4, 0.5) is 0 Å². The number of ether oxygens (including phenoxy) is 3. The Balaban J connectivity index is 1.34. The van der Waals surface area contributed by atoms with E-state index in [1.54, 1.807) is 12.1 Å². The SMILES string of the molecule is O=C(C=Cc1ccc(O)cc1)OC[C@H]1O[C@H](Oc2cc(-c3oc4cc(O)cc(O)c4c(=O)c3O)ccc2O)[C@H](O)[C@@H](O)[C@@H]1O. The van der Waals surface area contributed by atoms with Gasteiger partial charge in [-0.05, 0) is 42.0 Å². The van der Waals surface area contributed by atoms with Gasteiger partial charge in [-0.1, -0.05) is 12.1 Å². The average Bonchev–Trinajstić information content (AvgIpc) is 2.99. The number of aliphatic hydroxyl groups is 3. The van der Waals surface area contributed by atoms with Crippen LogP contribution in [0.2, 0.25) is 0 Å². The summed E-state index contributed by atoms with van der Waals surface area (Å²) in [5, 5.41) is 81.0. The van der Waals surface area contributed by atoms with Gasteiger partial charge in [0.1, 0.15) is 59.2 Å². The fraction of sp³-hybridized carbons (Fsp3) is 0.200. The summed E-state index contributed by atoms with van der Waals surface area (Å²) in [5.74, 6) is -3.99. The van der Waals surface area contributed by atoms with Crippen molar-refractivity contribution in [2.24, 2.45) is 0 Å². The fourth-order valence-electron chi connectivity index (χ4n) is 4.46. The number of phenolic OH excluding ortho intramolecular Hbond substituents is 4. The van der Waals surface area contributed by atoms with Crippen molar-refractivity contribution in [1.29, 1.82) is 0 Å². The first-order valence-corrected chi connectivity index (χ1v) is 13.0. The maximum absolute atomic E-state index is 12.7. The highest BCUT2D eigenvalue weighted by Crippen LogP contribution is 2.39. The molecule has 5 rings (SSSR count). The van der Waals surface area contributed by atoms with E-state index in [2.05, 4.69) is 0 Å². The third kappa shape index (κ3) is 6.09. The van der Waals surface area contributed by atoms with Crippen molar-refractivity contribution in [3.8, 4) is 45.8 Å². The van der Waals surface area contributed by atoms with Crippen LogP contribution in [-0.2, 0) is 14.3 Å². The van der Waals surface area contributed by atoms with Crippen molar-refractivity contribution < 1.29 is 64.3 Å². The normalized spacial score (nSPS) is 21.8. The summed E-state index contributed by atoms with van der Waals surface area (Å²) in [6.45, 7) is -0.564. The van der Waals surface area contributed by atoms with E-state index in [1.807, 2.05) is 0 Å². The second-order valence-corrected chi connectivity index (χ2v) is 9.82. The van der Waals surface area contributed by atoms with Crippen LogP contribution in [0, 0.1) is 0 Å². The summed E-state index contributed by atoms with van der Waals surface area (Å²) in [5.41, 5.74) is -0.689. The van der Waals surface area contributed by atoms with Gasteiger partial charge in [-0.25, -0.2) is 4.79 Å². The van der Waals surface area contributed by atoms with Crippen LogP contribution in [0.3, 0.4) is 0 Å². The molecule has 3 aromatic carbocycles. The van der Waals surface area contributed by atoms with Gasteiger partial charge in [-0.3, -0.25) is 4.79 Å². The number of aliphatic hydroxyl groups excluding tert-OH is 3. The van der Waals surface area contributed by atoms with E-state index in [0.717, 1.165) is 30.3 Å². The zero-order valence-corrected chi connectivity index (χ0v) is 22.5.